The fourth-order valence-electron chi connectivity index (χ4n) is 3.39. The molecule has 0 unspecified atom stereocenters. The molecule has 0 aliphatic carbocycles. The number of hydrogen-bond acceptors (Lipinski definition) is 3. The summed E-state index contributed by atoms with van der Waals surface area (Å²) in [4.78, 5) is 39.8. The van der Waals surface area contributed by atoms with Crippen molar-refractivity contribution in [2.45, 2.75) is 6.92 Å². The van der Waals surface area contributed by atoms with Crippen molar-refractivity contribution < 1.29 is 14.4 Å². The van der Waals surface area contributed by atoms with Crippen LogP contribution in [0.1, 0.15) is 28.4 Å². The van der Waals surface area contributed by atoms with Gasteiger partial charge in [-0.2, -0.15) is 0 Å². The summed E-state index contributed by atoms with van der Waals surface area (Å²) in [5, 5.41) is 0. The van der Waals surface area contributed by atoms with E-state index in [1.807, 2.05) is 36.4 Å². The smallest absolute Gasteiger partial charge is 0.267 e. The molecule has 0 bridgehead atoms. The standard InChI is InChI=1S/C26H17NO3/c1-18(28)27-23-15-9-8-14-21(23)24(26(27)30)22(17-16-19-10-4-2-5-11-19)25(29)20-12-6-3-7-13-20/h2-15H,1H3/b24-22-. The first kappa shape index (κ1) is 19.1. The van der Waals surface area contributed by atoms with E-state index in [4.69, 9.17) is 0 Å². The number of para-hydroxylation sites is 1. The number of nitrogens with zero attached hydrogens (tertiary/aromatic N) is 1. The Morgan fingerprint density at radius 3 is 2.07 bits per heavy atom. The van der Waals surface area contributed by atoms with Crippen molar-refractivity contribution in [1.29, 1.82) is 0 Å². The molecule has 0 spiro atoms. The predicted octanol–water partition coefficient (Wildman–Crippen LogP) is 4.27. The highest BCUT2D eigenvalue weighted by molar-refractivity contribution is 6.43. The number of benzene rings is 3. The van der Waals surface area contributed by atoms with Crippen molar-refractivity contribution in [3.05, 3.63) is 107 Å². The largest absolute Gasteiger partial charge is 0.288 e. The van der Waals surface area contributed by atoms with Crippen LogP contribution in [-0.4, -0.2) is 17.6 Å². The number of hydrogen-bond donors (Lipinski definition) is 0. The number of carbonyl (C=O) groups is 3. The Kier molecular flexibility index (Phi) is 5.11. The average Bonchev–Trinajstić information content (AvgIpc) is 3.07. The summed E-state index contributed by atoms with van der Waals surface area (Å²) in [5.74, 6) is 4.60. The maximum Gasteiger partial charge on any atom is 0.267 e. The molecule has 1 heterocycles. The summed E-state index contributed by atoms with van der Waals surface area (Å²) in [6.07, 6.45) is 0. The minimum Gasteiger partial charge on any atom is -0.288 e. The highest BCUT2D eigenvalue weighted by Crippen LogP contribution is 2.39. The molecule has 3 aromatic carbocycles. The molecule has 0 atom stereocenters. The Balaban J connectivity index is 1.97. The number of fused-ring (bicyclic) bond motifs is 1. The van der Waals surface area contributed by atoms with Crippen LogP contribution < -0.4 is 4.90 Å². The maximum absolute atomic E-state index is 13.4. The van der Waals surface area contributed by atoms with Crippen LogP contribution in [0.4, 0.5) is 5.69 Å². The molecular weight excluding hydrogens is 374 g/mol. The first-order chi connectivity index (χ1) is 14.6. The van der Waals surface area contributed by atoms with Gasteiger partial charge in [0.05, 0.1) is 16.8 Å². The van der Waals surface area contributed by atoms with Crippen LogP contribution in [-0.2, 0) is 9.59 Å². The lowest BCUT2D eigenvalue weighted by Gasteiger charge is -2.11. The Bertz CT molecular complexity index is 1250. The van der Waals surface area contributed by atoms with Gasteiger partial charge in [-0.05, 0) is 18.2 Å². The zero-order chi connectivity index (χ0) is 21.1. The van der Waals surface area contributed by atoms with Gasteiger partial charge in [0, 0.05) is 23.6 Å². The maximum atomic E-state index is 13.4. The normalized spacial score (nSPS) is 13.9. The van der Waals surface area contributed by atoms with E-state index in [1.165, 1.54) is 6.92 Å². The highest BCUT2D eigenvalue weighted by Gasteiger charge is 2.38. The van der Waals surface area contributed by atoms with Gasteiger partial charge >= 0.3 is 0 Å². The van der Waals surface area contributed by atoms with Crippen molar-refractivity contribution in [3.8, 4) is 11.8 Å². The molecule has 2 amide bonds. The van der Waals surface area contributed by atoms with Crippen LogP contribution >= 0.6 is 0 Å². The van der Waals surface area contributed by atoms with E-state index in [0.717, 1.165) is 10.5 Å². The second-order valence-corrected chi connectivity index (χ2v) is 6.74. The molecule has 1 aliphatic heterocycles. The number of amides is 2. The number of rotatable bonds is 2. The van der Waals surface area contributed by atoms with Gasteiger partial charge in [0.2, 0.25) is 11.7 Å². The topological polar surface area (TPSA) is 54.5 Å². The third-order valence-corrected chi connectivity index (χ3v) is 4.76. The van der Waals surface area contributed by atoms with Crippen molar-refractivity contribution >= 4 is 28.9 Å². The Morgan fingerprint density at radius 1 is 0.800 bits per heavy atom. The molecule has 1 aliphatic rings. The van der Waals surface area contributed by atoms with Crippen LogP contribution in [0.15, 0.2) is 90.5 Å². The van der Waals surface area contributed by atoms with Gasteiger partial charge in [0.15, 0.2) is 0 Å². The molecule has 4 nitrogen and oxygen atoms in total. The van der Waals surface area contributed by atoms with Crippen molar-refractivity contribution in [2.24, 2.45) is 0 Å². The number of ketones is 1. The lowest BCUT2D eigenvalue weighted by molar-refractivity contribution is -0.122. The second-order valence-electron chi connectivity index (χ2n) is 6.74. The van der Waals surface area contributed by atoms with E-state index >= 15 is 0 Å². The Morgan fingerprint density at radius 2 is 1.40 bits per heavy atom. The number of allylic oxidation sites excluding steroid dienone is 1. The molecule has 0 saturated carbocycles. The molecule has 4 heteroatoms. The molecule has 4 rings (SSSR count). The van der Waals surface area contributed by atoms with Crippen molar-refractivity contribution in [2.75, 3.05) is 4.90 Å². The Labute approximate surface area is 174 Å². The van der Waals surface area contributed by atoms with Gasteiger partial charge in [-0.25, -0.2) is 4.90 Å². The molecule has 0 fully saturated rings. The van der Waals surface area contributed by atoms with Crippen LogP contribution in [0, 0.1) is 11.8 Å². The van der Waals surface area contributed by atoms with Gasteiger partial charge in [-0.3, -0.25) is 14.4 Å². The summed E-state index contributed by atoms with van der Waals surface area (Å²) in [5.41, 5.74) is 2.36. The molecule has 3 aromatic rings. The van der Waals surface area contributed by atoms with Gasteiger partial charge in [0.1, 0.15) is 0 Å². The van der Waals surface area contributed by atoms with Gasteiger partial charge in [-0.1, -0.05) is 78.6 Å². The quantitative estimate of drug-likeness (QED) is 0.372. The molecule has 0 radical (unpaired) electrons. The number of Topliss-reactive ketones (excluding diaryl/α,β-unsaturated/α-hetero) is 1. The monoisotopic (exact) mass is 391 g/mol. The third kappa shape index (κ3) is 3.45. The van der Waals surface area contributed by atoms with Crippen LogP contribution in [0.2, 0.25) is 0 Å². The first-order valence-electron chi connectivity index (χ1n) is 9.43. The van der Waals surface area contributed by atoms with Crippen molar-refractivity contribution in [1.82, 2.24) is 0 Å². The fourth-order valence-corrected chi connectivity index (χ4v) is 3.39. The van der Waals surface area contributed by atoms with Crippen molar-refractivity contribution in [3.63, 3.8) is 0 Å². The summed E-state index contributed by atoms with van der Waals surface area (Å²) < 4.78 is 0. The number of imide groups is 1. The van der Waals surface area contributed by atoms with Crippen LogP contribution in [0.25, 0.3) is 5.57 Å². The first-order valence-corrected chi connectivity index (χ1v) is 9.43. The Hall–Kier alpha value is -4.23. The summed E-state index contributed by atoms with van der Waals surface area (Å²) in [6, 6.07) is 24.9. The number of carbonyl (C=O) groups excluding carboxylic acids is 3. The van der Waals surface area contributed by atoms with Gasteiger partial charge in [-0.15, -0.1) is 0 Å². The minimum absolute atomic E-state index is 0.0752. The lowest BCUT2D eigenvalue weighted by atomic mass is 9.94. The SMILES string of the molecule is CC(=O)N1C(=O)/C(=C(/C#Cc2ccccc2)C(=O)c2ccccc2)c2ccccc21. The molecule has 30 heavy (non-hydrogen) atoms. The molecule has 0 N–H and O–H groups in total. The van der Waals surface area contributed by atoms with E-state index in [9.17, 15) is 14.4 Å². The van der Waals surface area contributed by atoms with E-state index in [-0.39, 0.29) is 16.9 Å². The van der Waals surface area contributed by atoms with Crippen LogP contribution in [0.3, 0.4) is 0 Å². The molecular formula is C26H17NO3. The summed E-state index contributed by atoms with van der Waals surface area (Å²) in [7, 11) is 0. The zero-order valence-electron chi connectivity index (χ0n) is 16.3. The van der Waals surface area contributed by atoms with Gasteiger partial charge < -0.3 is 0 Å². The van der Waals surface area contributed by atoms with Crippen LogP contribution in [0.5, 0.6) is 0 Å². The minimum atomic E-state index is -0.537. The average molecular weight is 391 g/mol. The van der Waals surface area contributed by atoms with E-state index in [0.29, 0.717) is 16.8 Å². The zero-order valence-corrected chi connectivity index (χ0v) is 16.3. The summed E-state index contributed by atoms with van der Waals surface area (Å²) in [6.45, 7) is 1.33. The molecule has 144 valence electrons. The molecule has 0 saturated heterocycles. The lowest BCUT2D eigenvalue weighted by Crippen LogP contribution is -2.31. The molecule has 0 aromatic heterocycles. The second kappa shape index (κ2) is 8.02. The van der Waals surface area contributed by atoms with E-state index in [2.05, 4.69) is 11.8 Å². The van der Waals surface area contributed by atoms with E-state index < -0.39 is 11.8 Å². The summed E-state index contributed by atoms with van der Waals surface area (Å²) >= 11 is 0. The van der Waals surface area contributed by atoms with Gasteiger partial charge in [0.25, 0.3) is 5.91 Å². The van der Waals surface area contributed by atoms with E-state index in [1.54, 1.807) is 48.5 Å². The number of anilines is 1. The fraction of sp³-hybridized carbons (Fsp3) is 0.0385. The highest BCUT2D eigenvalue weighted by atomic mass is 16.2. The third-order valence-electron chi connectivity index (χ3n) is 4.76. The predicted molar refractivity (Wildman–Crippen MR) is 116 cm³/mol.